The van der Waals surface area contributed by atoms with Gasteiger partial charge in [-0.3, -0.25) is 4.90 Å². The quantitative estimate of drug-likeness (QED) is 0.437. The maximum Gasteiger partial charge on any atom is 0.416 e. The Labute approximate surface area is 200 Å². The molecule has 35 heavy (non-hydrogen) atoms. The van der Waals surface area contributed by atoms with Gasteiger partial charge in [0.05, 0.1) is 11.1 Å². The van der Waals surface area contributed by atoms with Gasteiger partial charge in [-0.05, 0) is 78.6 Å². The molecule has 9 heteroatoms. The average molecular weight is 501 g/mol. The zero-order valence-electron chi connectivity index (χ0n) is 19.5. The maximum atomic E-state index is 13.4. The number of alkyl halides is 6. The highest BCUT2D eigenvalue weighted by atomic mass is 19.4. The van der Waals surface area contributed by atoms with Crippen LogP contribution in [0.4, 0.5) is 26.3 Å². The Kier molecular flexibility index (Phi) is 8.19. The van der Waals surface area contributed by atoms with Crippen molar-refractivity contribution in [2.45, 2.75) is 64.5 Å². The van der Waals surface area contributed by atoms with E-state index in [-0.39, 0.29) is 12.5 Å². The first kappa shape index (κ1) is 27.0. The zero-order chi connectivity index (χ0) is 26.0. The lowest BCUT2D eigenvalue weighted by Gasteiger charge is -2.42. The molecule has 2 aromatic carbocycles. The molecule has 1 heterocycles. The molecule has 2 aromatic rings. The summed E-state index contributed by atoms with van der Waals surface area (Å²) in [5.41, 5.74) is 0.324. The van der Waals surface area contributed by atoms with Gasteiger partial charge < -0.3 is 9.90 Å². The van der Waals surface area contributed by atoms with Crippen LogP contribution in [0.1, 0.15) is 67.0 Å². The van der Waals surface area contributed by atoms with Crippen molar-refractivity contribution in [1.82, 2.24) is 4.90 Å². The lowest BCUT2D eigenvalue weighted by atomic mass is 9.79. The highest BCUT2D eigenvalue weighted by Gasteiger charge is 2.35. The van der Waals surface area contributed by atoms with E-state index in [0.29, 0.717) is 36.9 Å². The predicted octanol–water partition coefficient (Wildman–Crippen LogP) is 6.02. The van der Waals surface area contributed by atoms with E-state index in [0.717, 1.165) is 36.2 Å². The summed E-state index contributed by atoms with van der Waals surface area (Å²) >= 11 is 0. The topological polar surface area (TPSA) is 43.4 Å². The van der Waals surface area contributed by atoms with E-state index in [4.69, 9.17) is 0 Å². The molecule has 0 spiro atoms. The van der Waals surface area contributed by atoms with Gasteiger partial charge in [-0.15, -0.1) is 0 Å². The van der Waals surface area contributed by atoms with Crippen molar-refractivity contribution in [2.75, 3.05) is 6.54 Å². The van der Waals surface area contributed by atoms with E-state index in [1.807, 2.05) is 11.8 Å². The van der Waals surface area contributed by atoms with Crippen molar-refractivity contribution in [3.63, 3.8) is 0 Å². The molecule has 0 radical (unpaired) electrons. The van der Waals surface area contributed by atoms with Gasteiger partial charge in [-0.1, -0.05) is 38.5 Å². The summed E-state index contributed by atoms with van der Waals surface area (Å²) in [7, 11) is 0. The minimum Gasteiger partial charge on any atom is -0.550 e. The first-order valence-corrected chi connectivity index (χ1v) is 11.6. The molecule has 1 aliphatic rings. The second kappa shape index (κ2) is 10.6. The van der Waals surface area contributed by atoms with Crippen LogP contribution >= 0.6 is 0 Å². The third kappa shape index (κ3) is 6.57. The van der Waals surface area contributed by atoms with E-state index >= 15 is 0 Å². The van der Waals surface area contributed by atoms with E-state index in [2.05, 4.69) is 0 Å². The van der Waals surface area contributed by atoms with Crippen molar-refractivity contribution < 1.29 is 36.2 Å². The third-order valence-electron chi connectivity index (χ3n) is 6.88. The SMILES string of the molecule is CCCc1ccc(C(F)(F)F)cc1CN1CC[C@H](C(C)C(=O)[O-])C[C@@H]1c1ccc(C(F)(F)F)cc1. The van der Waals surface area contributed by atoms with Crippen LogP contribution in [0.2, 0.25) is 0 Å². The molecule has 3 atom stereocenters. The van der Waals surface area contributed by atoms with Gasteiger partial charge in [0.1, 0.15) is 0 Å². The number of carbonyl (C=O) groups is 1. The van der Waals surface area contributed by atoms with Gasteiger partial charge in [0, 0.05) is 18.6 Å². The van der Waals surface area contributed by atoms with Gasteiger partial charge in [-0.2, -0.15) is 26.3 Å². The fourth-order valence-corrected chi connectivity index (χ4v) is 4.80. The molecule has 3 nitrogen and oxygen atoms in total. The number of rotatable bonds is 7. The fraction of sp³-hybridized carbons (Fsp3) is 0.500. The van der Waals surface area contributed by atoms with Crippen molar-refractivity contribution in [1.29, 1.82) is 0 Å². The Morgan fingerprint density at radius 1 is 1.00 bits per heavy atom. The number of halogens is 6. The molecule has 1 saturated heterocycles. The lowest BCUT2D eigenvalue weighted by Crippen LogP contribution is -2.42. The van der Waals surface area contributed by atoms with Crippen LogP contribution in [0, 0.1) is 11.8 Å². The summed E-state index contributed by atoms with van der Waals surface area (Å²) in [4.78, 5) is 13.4. The molecular formula is C26H28F6NO2-. The first-order chi connectivity index (χ1) is 16.3. The summed E-state index contributed by atoms with van der Waals surface area (Å²) in [5, 5.41) is 11.5. The first-order valence-electron chi connectivity index (χ1n) is 11.6. The van der Waals surface area contributed by atoms with Gasteiger partial charge in [-0.25, -0.2) is 0 Å². The minimum absolute atomic E-state index is 0.178. The molecule has 0 amide bonds. The number of piperidine rings is 1. The largest absolute Gasteiger partial charge is 0.550 e. The predicted molar refractivity (Wildman–Crippen MR) is 117 cm³/mol. The molecule has 0 N–H and O–H groups in total. The van der Waals surface area contributed by atoms with Crippen LogP contribution in [-0.4, -0.2) is 17.4 Å². The van der Waals surface area contributed by atoms with Gasteiger partial charge >= 0.3 is 12.4 Å². The van der Waals surface area contributed by atoms with Crippen LogP contribution in [-0.2, 0) is 30.1 Å². The molecule has 1 aliphatic heterocycles. The molecule has 0 bridgehead atoms. The molecule has 1 unspecified atom stereocenters. The number of carboxylic acids is 1. The summed E-state index contributed by atoms with van der Waals surface area (Å²) < 4.78 is 79.3. The Bertz CT molecular complexity index is 1020. The molecule has 0 aliphatic carbocycles. The number of hydrogen-bond acceptors (Lipinski definition) is 3. The molecule has 192 valence electrons. The van der Waals surface area contributed by atoms with Gasteiger partial charge in [0.25, 0.3) is 0 Å². The molecule has 1 fully saturated rings. The Balaban J connectivity index is 1.97. The summed E-state index contributed by atoms with van der Waals surface area (Å²) in [6.07, 6.45) is -6.81. The van der Waals surface area contributed by atoms with E-state index in [1.54, 1.807) is 6.92 Å². The number of hydrogen-bond donors (Lipinski definition) is 0. The smallest absolute Gasteiger partial charge is 0.416 e. The van der Waals surface area contributed by atoms with Crippen LogP contribution in [0.3, 0.4) is 0 Å². The lowest BCUT2D eigenvalue weighted by molar-refractivity contribution is -0.313. The van der Waals surface area contributed by atoms with E-state index in [9.17, 15) is 36.2 Å². The Hall–Kier alpha value is -2.55. The number of benzene rings is 2. The average Bonchev–Trinajstić information content (AvgIpc) is 2.79. The molecule has 3 rings (SSSR count). The van der Waals surface area contributed by atoms with Crippen molar-refractivity contribution >= 4 is 5.97 Å². The monoisotopic (exact) mass is 500 g/mol. The van der Waals surface area contributed by atoms with Crippen LogP contribution in [0.5, 0.6) is 0 Å². The number of aryl methyl sites for hydroxylation is 1. The summed E-state index contributed by atoms with van der Waals surface area (Å²) in [5.74, 6) is -2.21. The second-order valence-corrected chi connectivity index (χ2v) is 9.23. The molecule has 0 saturated carbocycles. The van der Waals surface area contributed by atoms with Crippen molar-refractivity contribution in [3.8, 4) is 0 Å². The van der Waals surface area contributed by atoms with Crippen molar-refractivity contribution in [2.24, 2.45) is 11.8 Å². The summed E-state index contributed by atoms with van der Waals surface area (Å²) in [6, 6.07) is 7.94. The van der Waals surface area contributed by atoms with Crippen molar-refractivity contribution in [3.05, 3.63) is 70.3 Å². The maximum absolute atomic E-state index is 13.4. The number of likely N-dealkylation sites (tertiary alicyclic amines) is 1. The third-order valence-corrected chi connectivity index (χ3v) is 6.88. The highest BCUT2D eigenvalue weighted by Crippen LogP contribution is 2.40. The van der Waals surface area contributed by atoms with E-state index in [1.165, 1.54) is 18.2 Å². The van der Waals surface area contributed by atoms with Gasteiger partial charge in [0.15, 0.2) is 0 Å². The second-order valence-electron chi connectivity index (χ2n) is 9.23. The summed E-state index contributed by atoms with van der Waals surface area (Å²) in [6.45, 7) is 4.05. The highest BCUT2D eigenvalue weighted by molar-refractivity contribution is 5.67. The van der Waals surface area contributed by atoms with Gasteiger partial charge in [0.2, 0.25) is 0 Å². The standard InChI is InChI=1S/C26H29F6NO2/c1-3-4-17-5-10-22(26(30,31)32)13-20(17)15-33-12-11-19(16(2)24(34)35)14-23(33)18-6-8-21(9-7-18)25(27,28)29/h5-10,13,16,19,23H,3-4,11-12,14-15H2,1-2H3,(H,34,35)/p-1/t16?,19-,23+/m0/s1. The van der Waals surface area contributed by atoms with Crippen LogP contribution in [0.15, 0.2) is 42.5 Å². The Morgan fingerprint density at radius 2 is 1.60 bits per heavy atom. The number of nitrogens with zero attached hydrogens (tertiary/aromatic N) is 1. The molecular weight excluding hydrogens is 472 g/mol. The fourth-order valence-electron chi connectivity index (χ4n) is 4.80. The number of carboxylic acid groups (broad SMARTS) is 1. The normalized spacial score (nSPS) is 20.6. The minimum atomic E-state index is -4.50. The number of carbonyl (C=O) groups excluding carboxylic acids is 1. The van der Waals surface area contributed by atoms with Crippen LogP contribution in [0.25, 0.3) is 0 Å². The number of aliphatic carboxylic acids is 1. The van der Waals surface area contributed by atoms with Crippen LogP contribution < -0.4 is 5.11 Å². The van der Waals surface area contributed by atoms with E-state index < -0.39 is 41.4 Å². The molecule has 0 aromatic heterocycles. The Morgan fingerprint density at radius 3 is 2.14 bits per heavy atom. The zero-order valence-corrected chi connectivity index (χ0v) is 19.5.